The van der Waals surface area contributed by atoms with Gasteiger partial charge >= 0.3 is 6.18 Å². The van der Waals surface area contributed by atoms with Gasteiger partial charge in [-0.2, -0.15) is 23.3 Å². The molecule has 3 aromatic rings. The van der Waals surface area contributed by atoms with Gasteiger partial charge in [-0.1, -0.05) is 17.7 Å². The molecule has 0 bridgehead atoms. The van der Waals surface area contributed by atoms with E-state index in [0.717, 1.165) is 0 Å². The molecule has 0 aliphatic rings. The minimum atomic E-state index is -4.61. The number of aromatic nitrogens is 2. The summed E-state index contributed by atoms with van der Waals surface area (Å²) in [7, 11) is 1.50. The van der Waals surface area contributed by atoms with E-state index in [1.165, 1.54) is 26.2 Å². The maximum Gasteiger partial charge on any atom is 0.433 e. The molecule has 0 aliphatic heterocycles. The number of rotatable bonds is 4. The minimum absolute atomic E-state index is 0.133. The van der Waals surface area contributed by atoms with Crippen molar-refractivity contribution in [2.45, 2.75) is 13.1 Å². The van der Waals surface area contributed by atoms with Crippen LogP contribution in [0.4, 0.5) is 24.7 Å². The number of benzene rings is 2. The summed E-state index contributed by atoms with van der Waals surface area (Å²) in [6.07, 6.45) is -4.61. The van der Waals surface area contributed by atoms with Gasteiger partial charge in [-0.05, 0) is 49.4 Å². The molecule has 0 saturated carbocycles. The number of aromatic amines is 1. The fraction of sp³-hybridized carbons (Fsp3) is 0.150. The molecule has 11 heteroatoms. The molecule has 0 saturated heterocycles. The van der Waals surface area contributed by atoms with Crippen LogP contribution in [0.3, 0.4) is 0 Å². The molecule has 3 rings (SSSR count). The zero-order chi connectivity index (χ0) is 22.6. The number of hydrogen-bond donors (Lipinski definition) is 3. The molecule has 2 aromatic carbocycles. The Labute approximate surface area is 180 Å². The summed E-state index contributed by atoms with van der Waals surface area (Å²) < 4.78 is 44.2. The number of aliphatic imine (C=N–C) groups is 1. The SMILES string of the molecule is COc1ccc(C(=O)NC(=Nc2n[nH]c(C(F)(F)F)c2C)Nc2cccc(Cl)c2)cc1. The van der Waals surface area contributed by atoms with Crippen LogP contribution in [0.15, 0.2) is 53.5 Å². The number of ether oxygens (including phenoxy) is 1. The molecule has 1 amide bonds. The van der Waals surface area contributed by atoms with Crippen LogP contribution in [0, 0.1) is 6.92 Å². The Hall–Kier alpha value is -3.53. The summed E-state index contributed by atoms with van der Waals surface area (Å²) in [5, 5.41) is 11.4. The van der Waals surface area contributed by atoms with E-state index in [1.807, 2.05) is 5.10 Å². The van der Waals surface area contributed by atoms with E-state index in [4.69, 9.17) is 16.3 Å². The first-order valence-electron chi connectivity index (χ1n) is 8.86. The normalized spacial score (nSPS) is 11.9. The van der Waals surface area contributed by atoms with Crippen LogP contribution in [-0.4, -0.2) is 29.2 Å². The highest BCUT2D eigenvalue weighted by Gasteiger charge is 2.36. The number of guanidine groups is 1. The van der Waals surface area contributed by atoms with Gasteiger partial charge in [0.15, 0.2) is 5.82 Å². The van der Waals surface area contributed by atoms with Gasteiger partial charge in [0, 0.05) is 21.8 Å². The molecule has 31 heavy (non-hydrogen) atoms. The lowest BCUT2D eigenvalue weighted by molar-refractivity contribution is -0.141. The number of nitrogens with one attached hydrogen (secondary N) is 3. The Bertz CT molecular complexity index is 1110. The summed E-state index contributed by atoms with van der Waals surface area (Å²) in [6, 6.07) is 12.8. The number of nitrogens with zero attached hydrogens (tertiary/aromatic N) is 2. The zero-order valence-corrected chi connectivity index (χ0v) is 17.1. The van der Waals surface area contributed by atoms with Crippen LogP contribution in [-0.2, 0) is 6.18 Å². The molecule has 0 radical (unpaired) electrons. The molecule has 0 aliphatic carbocycles. The van der Waals surface area contributed by atoms with Gasteiger partial charge < -0.3 is 10.1 Å². The van der Waals surface area contributed by atoms with Gasteiger partial charge in [-0.3, -0.25) is 15.2 Å². The molecule has 0 spiro atoms. The standard InChI is InChI=1S/C20H17ClF3N5O2/c1-11-16(20(22,23)24)28-29-17(11)26-19(25-14-5-3-4-13(21)10-14)27-18(30)12-6-8-15(31-2)9-7-12/h3-10H,1-2H3,(H3,25,26,27,28,29,30). The highest BCUT2D eigenvalue weighted by Crippen LogP contribution is 2.33. The van der Waals surface area contributed by atoms with Crippen LogP contribution in [0.25, 0.3) is 0 Å². The number of methoxy groups -OCH3 is 1. The molecule has 1 aromatic heterocycles. The van der Waals surface area contributed by atoms with E-state index in [1.54, 1.807) is 36.4 Å². The van der Waals surface area contributed by atoms with Crippen molar-refractivity contribution in [2.24, 2.45) is 4.99 Å². The molecule has 7 nitrogen and oxygen atoms in total. The summed E-state index contributed by atoms with van der Waals surface area (Å²) in [4.78, 5) is 16.7. The fourth-order valence-corrected chi connectivity index (χ4v) is 2.78. The Kier molecular flexibility index (Phi) is 6.50. The van der Waals surface area contributed by atoms with E-state index in [0.29, 0.717) is 16.5 Å². The van der Waals surface area contributed by atoms with Gasteiger partial charge in [-0.15, -0.1) is 0 Å². The summed E-state index contributed by atoms with van der Waals surface area (Å²) in [6.45, 7) is 1.23. The average Bonchev–Trinajstić information content (AvgIpc) is 3.08. The average molecular weight is 452 g/mol. The van der Waals surface area contributed by atoms with E-state index in [9.17, 15) is 18.0 Å². The third-order valence-corrected chi connectivity index (χ3v) is 4.39. The molecular weight excluding hydrogens is 435 g/mol. The van der Waals surface area contributed by atoms with Crippen molar-refractivity contribution >= 4 is 35.0 Å². The van der Waals surface area contributed by atoms with Crippen molar-refractivity contribution in [3.05, 3.63) is 70.4 Å². The number of amides is 1. The van der Waals surface area contributed by atoms with E-state index in [2.05, 4.69) is 20.7 Å². The lowest BCUT2D eigenvalue weighted by atomic mass is 10.2. The van der Waals surface area contributed by atoms with E-state index < -0.39 is 17.8 Å². The van der Waals surface area contributed by atoms with Crippen LogP contribution in [0.1, 0.15) is 21.6 Å². The van der Waals surface area contributed by atoms with Gasteiger partial charge in [0.25, 0.3) is 5.91 Å². The molecule has 3 N–H and O–H groups in total. The summed E-state index contributed by atoms with van der Waals surface area (Å²) in [5.41, 5.74) is -0.479. The van der Waals surface area contributed by atoms with Crippen molar-refractivity contribution < 1.29 is 22.7 Å². The van der Waals surface area contributed by atoms with Crippen molar-refractivity contribution in [1.82, 2.24) is 15.5 Å². The Morgan fingerprint density at radius 1 is 1.19 bits per heavy atom. The third kappa shape index (κ3) is 5.54. The summed E-state index contributed by atoms with van der Waals surface area (Å²) >= 11 is 5.98. The van der Waals surface area contributed by atoms with Gasteiger partial charge in [0.05, 0.1) is 7.11 Å². The van der Waals surface area contributed by atoms with Crippen molar-refractivity contribution in [2.75, 3.05) is 12.4 Å². The first-order valence-corrected chi connectivity index (χ1v) is 9.24. The Morgan fingerprint density at radius 2 is 1.90 bits per heavy atom. The predicted octanol–water partition coefficient (Wildman–Crippen LogP) is 4.93. The highest BCUT2D eigenvalue weighted by molar-refractivity contribution is 6.31. The smallest absolute Gasteiger partial charge is 0.433 e. The van der Waals surface area contributed by atoms with Crippen LogP contribution >= 0.6 is 11.6 Å². The highest BCUT2D eigenvalue weighted by atomic mass is 35.5. The van der Waals surface area contributed by atoms with E-state index >= 15 is 0 Å². The fourth-order valence-electron chi connectivity index (χ4n) is 2.59. The van der Waals surface area contributed by atoms with Crippen molar-refractivity contribution in [1.29, 1.82) is 0 Å². The topological polar surface area (TPSA) is 91.4 Å². The number of anilines is 1. The molecule has 0 atom stereocenters. The van der Waals surface area contributed by atoms with Crippen LogP contribution < -0.4 is 15.4 Å². The second kappa shape index (κ2) is 9.09. The summed E-state index contributed by atoms with van der Waals surface area (Å²) in [5.74, 6) is -0.340. The molecule has 162 valence electrons. The van der Waals surface area contributed by atoms with Crippen LogP contribution in [0.5, 0.6) is 5.75 Å². The predicted molar refractivity (Wildman–Crippen MR) is 111 cm³/mol. The number of H-pyrrole nitrogens is 1. The molecular formula is C20H17ClF3N5O2. The largest absolute Gasteiger partial charge is 0.497 e. The minimum Gasteiger partial charge on any atom is -0.497 e. The van der Waals surface area contributed by atoms with Gasteiger partial charge in [0.2, 0.25) is 5.96 Å². The molecule has 0 fully saturated rings. The van der Waals surface area contributed by atoms with Gasteiger partial charge in [0.1, 0.15) is 11.4 Å². The third-order valence-electron chi connectivity index (χ3n) is 4.16. The number of alkyl halides is 3. The monoisotopic (exact) mass is 451 g/mol. The van der Waals surface area contributed by atoms with Crippen LogP contribution in [0.2, 0.25) is 5.02 Å². The maximum absolute atomic E-state index is 13.1. The Balaban J connectivity index is 1.93. The first-order chi connectivity index (χ1) is 14.7. The van der Waals surface area contributed by atoms with Gasteiger partial charge in [-0.25, -0.2) is 0 Å². The number of carbonyl (C=O) groups excluding carboxylic acids is 1. The number of carbonyl (C=O) groups is 1. The second-order valence-corrected chi connectivity index (χ2v) is 6.76. The van der Waals surface area contributed by atoms with Crippen molar-refractivity contribution in [3.8, 4) is 5.75 Å². The second-order valence-electron chi connectivity index (χ2n) is 6.32. The molecule has 1 heterocycles. The zero-order valence-electron chi connectivity index (χ0n) is 16.3. The molecule has 0 unspecified atom stereocenters. The number of hydrogen-bond acceptors (Lipinski definition) is 4. The van der Waals surface area contributed by atoms with E-state index in [-0.39, 0.29) is 22.9 Å². The quantitative estimate of drug-likeness (QED) is 0.387. The lowest BCUT2D eigenvalue weighted by Gasteiger charge is -2.12. The van der Waals surface area contributed by atoms with Crippen molar-refractivity contribution in [3.63, 3.8) is 0 Å². The number of halogens is 4. The maximum atomic E-state index is 13.1. The lowest BCUT2D eigenvalue weighted by Crippen LogP contribution is -2.35. The Morgan fingerprint density at radius 3 is 2.48 bits per heavy atom. The first kappa shape index (κ1) is 22.2.